The number of rotatable bonds is 3. The number of hydrogen-bond donors (Lipinski definition) is 1. The van der Waals surface area contributed by atoms with E-state index in [0.29, 0.717) is 0 Å². The number of ether oxygens (including phenoxy) is 1. The molecular formula is C11H9FN4O2. The number of esters is 1. The maximum absolute atomic E-state index is 13.3. The molecule has 0 amide bonds. The molecule has 0 aliphatic heterocycles. The van der Waals surface area contributed by atoms with Crippen LogP contribution in [0.5, 0.6) is 0 Å². The molecule has 0 radical (unpaired) electrons. The van der Waals surface area contributed by atoms with Crippen LogP contribution in [0.25, 0.3) is 0 Å². The van der Waals surface area contributed by atoms with Crippen LogP contribution >= 0.6 is 0 Å². The molecule has 0 saturated heterocycles. The predicted octanol–water partition coefficient (Wildman–Crippen LogP) is 1.54. The number of aromatic nitrogens is 3. The molecule has 92 valence electrons. The highest BCUT2D eigenvalue weighted by Gasteiger charge is 2.09. The molecule has 0 unspecified atom stereocenters. The number of methoxy groups -OCH3 is 1. The Balaban J connectivity index is 2.25. The van der Waals surface area contributed by atoms with Crippen LogP contribution < -0.4 is 5.32 Å². The van der Waals surface area contributed by atoms with E-state index < -0.39 is 11.8 Å². The Kier molecular flexibility index (Phi) is 3.42. The van der Waals surface area contributed by atoms with Gasteiger partial charge in [0.15, 0.2) is 11.5 Å². The lowest BCUT2D eigenvalue weighted by Crippen LogP contribution is -2.07. The second-order valence-corrected chi connectivity index (χ2v) is 3.26. The highest BCUT2D eigenvalue weighted by atomic mass is 19.1. The van der Waals surface area contributed by atoms with E-state index in [1.165, 1.54) is 31.8 Å². The number of anilines is 2. The van der Waals surface area contributed by atoms with Crippen molar-refractivity contribution in [2.75, 3.05) is 12.4 Å². The molecule has 2 aromatic heterocycles. The molecule has 0 saturated carbocycles. The fourth-order valence-corrected chi connectivity index (χ4v) is 1.24. The molecule has 0 fully saturated rings. The Morgan fingerprint density at radius 2 is 2.17 bits per heavy atom. The van der Waals surface area contributed by atoms with E-state index >= 15 is 0 Å². The number of halogens is 1. The second-order valence-electron chi connectivity index (χ2n) is 3.26. The van der Waals surface area contributed by atoms with Crippen LogP contribution in [0.15, 0.2) is 30.9 Å². The Labute approximate surface area is 102 Å². The number of pyridine rings is 1. The molecule has 0 aliphatic rings. The lowest BCUT2D eigenvalue weighted by atomic mass is 10.4. The third kappa shape index (κ3) is 2.57. The van der Waals surface area contributed by atoms with Gasteiger partial charge in [-0.25, -0.2) is 14.2 Å². The molecule has 0 spiro atoms. The summed E-state index contributed by atoms with van der Waals surface area (Å²) in [4.78, 5) is 22.6. The van der Waals surface area contributed by atoms with Crippen LogP contribution in [0.4, 0.5) is 15.9 Å². The van der Waals surface area contributed by atoms with Gasteiger partial charge in [-0.05, 0) is 6.07 Å². The van der Waals surface area contributed by atoms with E-state index in [2.05, 4.69) is 25.0 Å². The van der Waals surface area contributed by atoms with Crippen LogP contribution in [-0.2, 0) is 4.74 Å². The largest absolute Gasteiger partial charge is 0.464 e. The predicted molar refractivity (Wildman–Crippen MR) is 60.8 cm³/mol. The zero-order valence-electron chi connectivity index (χ0n) is 9.42. The van der Waals surface area contributed by atoms with Crippen molar-refractivity contribution in [3.63, 3.8) is 0 Å². The maximum atomic E-state index is 13.3. The quantitative estimate of drug-likeness (QED) is 0.830. The molecular weight excluding hydrogens is 239 g/mol. The highest BCUT2D eigenvalue weighted by molar-refractivity contribution is 5.87. The van der Waals surface area contributed by atoms with Crippen LogP contribution in [0, 0.1) is 5.82 Å². The van der Waals surface area contributed by atoms with Gasteiger partial charge in [0.05, 0.1) is 31.4 Å². The van der Waals surface area contributed by atoms with Crippen molar-refractivity contribution in [2.45, 2.75) is 0 Å². The summed E-state index contributed by atoms with van der Waals surface area (Å²) < 4.78 is 17.8. The van der Waals surface area contributed by atoms with Gasteiger partial charge in [-0.3, -0.25) is 9.97 Å². The molecule has 1 N–H and O–H groups in total. The first-order chi connectivity index (χ1) is 8.70. The first-order valence-electron chi connectivity index (χ1n) is 4.97. The molecule has 6 nitrogen and oxygen atoms in total. The summed E-state index contributed by atoms with van der Waals surface area (Å²) in [6, 6.07) is 1.45. The van der Waals surface area contributed by atoms with Crippen molar-refractivity contribution in [3.8, 4) is 0 Å². The third-order valence-corrected chi connectivity index (χ3v) is 2.06. The first kappa shape index (κ1) is 11.9. The van der Waals surface area contributed by atoms with E-state index in [-0.39, 0.29) is 17.2 Å². The number of hydrogen-bond acceptors (Lipinski definition) is 6. The van der Waals surface area contributed by atoms with Gasteiger partial charge in [-0.1, -0.05) is 0 Å². The van der Waals surface area contributed by atoms with Gasteiger partial charge in [-0.15, -0.1) is 0 Å². The summed E-state index contributed by atoms with van der Waals surface area (Å²) in [5.41, 5.74) is 0.235. The molecule has 0 atom stereocenters. The van der Waals surface area contributed by atoms with Gasteiger partial charge in [0.25, 0.3) is 0 Å². The van der Waals surface area contributed by atoms with E-state index in [0.717, 1.165) is 6.20 Å². The molecule has 2 aromatic rings. The van der Waals surface area contributed by atoms with Crippen molar-refractivity contribution in [2.24, 2.45) is 0 Å². The number of carbonyl (C=O) groups excluding carboxylic acids is 1. The van der Waals surface area contributed by atoms with Crippen molar-refractivity contribution in [3.05, 3.63) is 42.4 Å². The van der Waals surface area contributed by atoms with Crippen molar-refractivity contribution in [1.82, 2.24) is 15.0 Å². The molecule has 2 heterocycles. The van der Waals surface area contributed by atoms with Gasteiger partial charge >= 0.3 is 5.97 Å². The summed E-state index contributed by atoms with van der Waals surface area (Å²) in [6.45, 7) is 0. The number of nitrogens with one attached hydrogen (secondary N) is 1. The smallest absolute Gasteiger partial charge is 0.358 e. The Hall–Kier alpha value is -2.57. The normalized spacial score (nSPS) is 9.89. The lowest BCUT2D eigenvalue weighted by molar-refractivity contribution is 0.0593. The second kappa shape index (κ2) is 5.17. The van der Waals surface area contributed by atoms with Gasteiger partial charge in [0.2, 0.25) is 0 Å². The third-order valence-electron chi connectivity index (χ3n) is 2.06. The SMILES string of the molecule is COC(=O)c1cncc(Nc2ccncc2F)n1. The summed E-state index contributed by atoms with van der Waals surface area (Å²) in [5.74, 6) is -0.896. The van der Waals surface area contributed by atoms with Crippen LogP contribution in [0.3, 0.4) is 0 Å². The average Bonchev–Trinajstić information content (AvgIpc) is 2.41. The molecule has 2 rings (SSSR count). The molecule has 18 heavy (non-hydrogen) atoms. The zero-order valence-corrected chi connectivity index (χ0v) is 9.42. The number of nitrogens with zero attached hydrogens (tertiary/aromatic N) is 3. The fourth-order valence-electron chi connectivity index (χ4n) is 1.24. The van der Waals surface area contributed by atoms with Crippen molar-refractivity contribution in [1.29, 1.82) is 0 Å². The lowest BCUT2D eigenvalue weighted by Gasteiger charge is -2.06. The fraction of sp³-hybridized carbons (Fsp3) is 0.0909. The van der Waals surface area contributed by atoms with Crippen molar-refractivity contribution < 1.29 is 13.9 Å². The minimum atomic E-state index is -0.610. The van der Waals surface area contributed by atoms with E-state index in [9.17, 15) is 9.18 Å². The maximum Gasteiger partial charge on any atom is 0.358 e. The minimum Gasteiger partial charge on any atom is -0.464 e. The van der Waals surface area contributed by atoms with E-state index in [1.54, 1.807) is 0 Å². The monoisotopic (exact) mass is 248 g/mol. The van der Waals surface area contributed by atoms with Crippen LogP contribution in [0.2, 0.25) is 0 Å². The van der Waals surface area contributed by atoms with Crippen molar-refractivity contribution >= 4 is 17.5 Å². The minimum absolute atomic E-state index is 0.0389. The summed E-state index contributed by atoms with van der Waals surface area (Å²) in [7, 11) is 1.24. The first-order valence-corrected chi connectivity index (χ1v) is 4.97. The zero-order chi connectivity index (χ0) is 13.0. The summed E-state index contributed by atoms with van der Waals surface area (Å²) in [6.07, 6.45) is 5.13. The molecule has 7 heteroatoms. The standard InChI is InChI=1S/C11H9FN4O2/c1-18-11(17)9-5-14-6-10(16-9)15-8-2-3-13-4-7(8)12/h2-6H,1H3,(H,13,15,16). The van der Waals surface area contributed by atoms with Crippen LogP contribution in [-0.4, -0.2) is 28.0 Å². The summed E-state index contributed by atoms with van der Waals surface area (Å²) in [5, 5.41) is 2.70. The van der Waals surface area contributed by atoms with E-state index in [1.807, 2.05) is 0 Å². The Bertz CT molecular complexity index is 576. The average molecular weight is 248 g/mol. The van der Waals surface area contributed by atoms with Gasteiger partial charge in [0, 0.05) is 6.20 Å². The highest BCUT2D eigenvalue weighted by Crippen LogP contribution is 2.16. The molecule has 0 bridgehead atoms. The number of carbonyl (C=O) groups is 1. The van der Waals surface area contributed by atoms with Gasteiger partial charge < -0.3 is 10.1 Å². The topological polar surface area (TPSA) is 77.0 Å². The molecule has 0 aromatic carbocycles. The Morgan fingerprint density at radius 1 is 1.33 bits per heavy atom. The Morgan fingerprint density at radius 3 is 2.89 bits per heavy atom. The summed E-state index contributed by atoms with van der Waals surface area (Å²) >= 11 is 0. The molecule has 0 aliphatic carbocycles. The van der Waals surface area contributed by atoms with Gasteiger partial charge in [-0.2, -0.15) is 0 Å². The van der Waals surface area contributed by atoms with Gasteiger partial charge in [0.1, 0.15) is 5.82 Å². The van der Waals surface area contributed by atoms with E-state index in [4.69, 9.17) is 0 Å². The van der Waals surface area contributed by atoms with Crippen LogP contribution in [0.1, 0.15) is 10.5 Å².